The average molecular weight is 449 g/mol. The molecule has 2 aliphatic heterocycles. The Morgan fingerprint density at radius 3 is 1.73 bits per heavy atom. The fraction of sp³-hybridized carbons (Fsp3) is 0.321. The second-order valence-corrected chi connectivity index (χ2v) is 8.29. The number of phenolic OH excluding ortho intramolecular Hbond substituents is 2. The van der Waals surface area contributed by atoms with Crippen molar-refractivity contribution in [1.82, 2.24) is 0 Å². The maximum atomic E-state index is 12.7. The summed E-state index contributed by atoms with van der Waals surface area (Å²) in [6, 6.07) is 15.0. The lowest BCUT2D eigenvalue weighted by Gasteiger charge is -2.36. The Kier molecular flexibility index (Phi) is 7.32. The molecule has 0 unspecified atom stereocenters. The van der Waals surface area contributed by atoms with Crippen molar-refractivity contribution in [2.75, 3.05) is 0 Å². The first-order valence-corrected chi connectivity index (χ1v) is 11.5. The Morgan fingerprint density at radius 1 is 0.758 bits per heavy atom. The lowest BCUT2D eigenvalue weighted by atomic mass is 9.77. The molecule has 0 atom stereocenters. The Hall–Kier alpha value is -3.47. The van der Waals surface area contributed by atoms with E-state index in [4.69, 9.17) is 9.47 Å². The fourth-order valence-electron chi connectivity index (χ4n) is 3.82. The molecule has 5 heteroatoms. The van der Waals surface area contributed by atoms with E-state index in [1.165, 1.54) is 43.5 Å². The average Bonchev–Trinajstić information content (AvgIpc) is 3.06. The molecule has 5 nitrogen and oxygen atoms in total. The number of benzene rings is 3. The zero-order chi connectivity index (χ0) is 24.2. The Bertz CT molecular complexity index is 1100. The summed E-state index contributed by atoms with van der Waals surface area (Å²) in [6.07, 6.45) is 3.89. The van der Waals surface area contributed by atoms with Gasteiger partial charge in [0.05, 0.1) is 5.56 Å². The summed E-state index contributed by atoms with van der Waals surface area (Å²) in [5.41, 5.74) is 2.26. The van der Waals surface area contributed by atoms with Crippen LogP contribution in [0.5, 0.6) is 23.0 Å². The molecule has 2 heterocycles. The highest BCUT2D eigenvalue weighted by atomic mass is 16.6. The van der Waals surface area contributed by atoms with Gasteiger partial charge in [-0.15, -0.1) is 0 Å². The monoisotopic (exact) mass is 448 g/mol. The van der Waals surface area contributed by atoms with Crippen molar-refractivity contribution >= 4 is 5.97 Å². The Balaban J connectivity index is 0.000000390. The predicted octanol–water partition coefficient (Wildman–Crippen LogP) is 7.20. The molecule has 5 rings (SSSR count). The van der Waals surface area contributed by atoms with E-state index in [-0.39, 0.29) is 11.5 Å². The minimum absolute atomic E-state index is 0.0379. The maximum Gasteiger partial charge on any atom is 0.340 e. The Morgan fingerprint density at radius 2 is 1.24 bits per heavy atom. The summed E-state index contributed by atoms with van der Waals surface area (Å²) in [5, 5.41) is 19.7. The van der Waals surface area contributed by atoms with Gasteiger partial charge in [0.15, 0.2) is 5.60 Å². The van der Waals surface area contributed by atoms with Gasteiger partial charge in [-0.25, -0.2) is 4.79 Å². The van der Waals surface area contributed by atoms with Crippen LogP contribution in [0.15, 0.2) is 54.6 Å². The molecule has 0 radical (unpaired) electrons. The molecular weight excluding hydrogens is 416 g/mol. The van der Waals surface area contributed by atoms with Crippen LogP contribution in [0.3, 0.4) is 0 Å². The zero-order valence-corrected chi connectivity index (χ0v) is 19.9. The molecule has 0 bridgehead atoms. The van der Waals surface area contributed by atoms with E-state index >= 15 is 0 Å². The number of aryl methyl sites for hydroxylation is 1. The zero-order valence-electron chi connectivity index (χ0n) is 19.9. The number of hydrogen-bond donors (Lipinski definition) is 2. The maximum absolute atomic E-state index is 12.7. The van der Waals surface area contributed by atoms with Gasteiger partial charge in [0, 0.05) is 28.8 Å². The van der Waals surface area contributed by atoms with E-state index in [0.717, 1.165) is 11.1 Å². The smallest absolute Gasteiger partial charge is 0.340 e. The molecule has 0 saturated heterocycles. The lowest BCUT2D eigenvalue weighted by Crippen LogP contribution is -2.32. The standard InChI is InChI=1S/C21H14O5.C4H10.C3H8/c1-11-2-5-15-14(8-11)20(24)26-21(15)16-6-3-12(22)9-18(16)25-19-10-13(23)4-7-17(19)21;1-3-4-2;1-3-2/h2-10,22-23H,1H3;3-4H2,1-2H3;3H2,1-2H3. The highest BCUT2D eigenvalue weighted by Gasteiger charge is 2.53. The van der Waals surface area contributed by atoms with Crippen molar-refractivity contribution in [2.45, 2.75) is 59.5 Å². The van der Waals surface area contributed by atoms with Gasteiger partial charge in [-0.3, -0.25) is 0 Å². The summed E-state index contributed by atoms with van der Waals surface area (Å²) >= 11 is 0. The fourth-order valence-corrected chi connectivity index (χ4v) is 3.82. The van der Waals surface area contributed by atoms with Crippen LogP contribution in [0.1, 0.15) is 79.6 Å². The largest absolute Gasteiger partial charge is 0.508 e. The number of aromatic hydroxyl groups is 2. The highest BCUT2D eigenvalue weighted by molar-refractivity contribution is 5.97. The van der Waals surface area contributed by atoms with Crippen LogP contribution in [0.25, 0.3) is 0 Å². The summed E-state index contributed by atoms with van der Waals surface area (Å²) in [4.78, 5) is 12.7. The first-order chi connectivity index (χ1) is 15.8. The molecular formula is C28H32O5. The number of esters is 1. The van der Waals surface area contributed by atoms with E-state index < -0.39 is 11.6 Å². The third kappa shape index (κ3) is 4.40. The van der Waals surface area contributed by atoms with Crippen molar-refractivity contribution in [1.29, 1.82) is 0 Å². The lowest BCUT2D eigenvalue weighted by molar-refractivity contribution is 0.0224. The van der Waals surface area contributed by atoms with Crippen LogP contribution < -0.4 is 4.74 Å². The van der Waals surface area contributed by atoms with Gasteiger partial charge in [0.2, 0.25) is 0 Å². The molecule has 2 N–H and O–H groups in total. The number of unbranched alkanes of at least 4 members (excludes halogenated alkanes) is 1. The molecule has 174 valence electrons. The van der Waals surface area contributed by atoms with Gasteiger partial charge in [-0.05, 0) is 37.3 Å². The van der Waals surface area contributed by atoms with Crippen molar-refractivity contribution in [3.05, 3.63) is 82.4 Å². The molecule has 1 spiro atoms. The van der Waals surface area contributed by atoms with Crippen LogP contribution in [0.4, 0.5) is 0 Å². The first-order valence-electron chi connectivity index (χ1n) is 11.5. The predicted molar refractivity (Wildman–Crippen MR) is 129 cm³/mol. The normalized spacial score (nSPS) is 13.8. The van der Waals surface area contributed by atoms with Crippen LogP contribution in [0, 0.1) is 6.92 Å². The molecule has 3 aromatic carbocycles. The van der Waals surface area contributed by atoms with Gasteiger partial charge in [0.1, 0.15) is 23.0 Å². The number of hydrogen-bond acceptors (Lipinski definition) is 5. The van der Waals surface area contributed by atoms with Crippen molar-refractivity contribution in [3.63, 3.8) is 0 Å². The van der Waals surface area contributed by atoms with E-state index in [0.29, 0.717) is 28.2 Å². The molecule has 0 aliphatic carbocycles. The van der Waals surface area contributed by atoms with E-state index in [1.54, 1.807) is 12.1 Å². The van der Waals surface area contributed by atoms with Crippen LogP contribution in [-0.2, 0) is 10.3 Å². The third-order valence-electron chi connectivity index (χ3n) is 5.43. The molecule has 2 aliphatic rings. The van der Waals surface area contributed by atoms with Crippen molar-refractivity contribution in [3.8, 4) is 23.0 Å². The second kappa shape index (κ2) is 9.99. The van der Waals surface area contributed by atoms with E-state index in [1.807, 2.05) is 25.1 Å². The molecule has 0 saturated carbocycles. The van der Waals surface area contributed by atoms with Crippen LogP contribution >= 0.6 is 0 Å². The molecule has 3 aromatic rings. The van der Waals surface area contributed by atoms with Gasteiger partial charge in [-0.2, -0.15) is 0 Å². The number of fused-ring (bicyclic) bond motifs is 6. The third-order valence-corrected chi connectivity index (χ3v) is 5.43. The number of ether oxygens (including phenoxy) is 2. The minimum atomic E-state index is -1.18. The first kappa shape index (κ1) is 24.2. The summed E-state index contributed by atoms with van der Waals surface area (Å²) in [7, 11) is 0. The van der Waals surface area contributed by atoms with Crippen molar-refractivity contribution < 1.29 is 24.5 Å². The minimum Gasteiger partial charge on any atom is -0.508 e. The number of phenols is 2. The highest BCUT2D eigenvalue weighted by Crippen LogP contribution is 2.56. The van der Waals surface area contributed by atoms with Crippen molar-refractivity contribution in [2.24, 2.45) is 0 Å². The number of carbonyl (C=O) groups excluding carboxylic acids is 1. The second-order valence-electron chi connectivity index (χ2n) is 8.29. The molecule has 33 heavy (non-hydrogen) atoms. The van der Waals surface area contributed by atoms with Gasteiger partial charge < -0.3 is 19.7 Å². The molecule has 0 fully saturated rings. The molecule has 0 amide bonds. The molecule has 0 aromatic heterocycles. The Labute approximate surface area is 195 Å². The van der Waals surface area contributed by atoms with Gasteiger partial charge in [-0.1, -0.05) is 64.7 Å². The van der Waals surface area contributed by atoms with Crippen LogP contribution in [0.2, 0.25) is 0 Å². The quantitative estimate of drug-likeness (QED) is 0.385. The van der Waals surface area contributed by atoms with Crippen LogP contribution in [-0.4, -0.2) is 16.2 Å². The summed E-state index contributed by atoms with van der Waals surface area (Å²) < 4.78 is 11.9. The summed E-state index contributed by atoms with van der Waals surface area (Å²) in [6.45, 7) is 10.5. The number of carbonyl (C=O) groups is 1. The SMILES string of the molecule is CCC.CCCC.Cc1ccc2c(c1)C(=O)OC21c2ccc(O)cc2Oc2cc(O)ccc21. The topological polar surface area (TPSA) is 76.0 Å². The van der Waals surface area contributed by atoms with Gasteiger partial charge in [0.25, 0.3) is 0 Å². The van der Waals surface area contributed by atoms with Gasteiger partial charge >= 0.3 is 5.97 Å². The number of rotatable bonds is 1. The van der Waals surface area contributed by atoms with E-state index in [2.05, 4.69) is 27.7 Å². The van der Waals surface area contributed by atoms with E-state index in [9.17, 15) is 15.0 Å². The summed E-state index contributed by atoms with van der Waals surface area (Å²) in [5.74, 6) is 0.421.